The molecular formula is C12H17NO2S. The fourth-order valence-electron chi connectivity index (χ4n) is 2.12. The molecule has 0 saturated carbocycles. The number of aldehydes is 1. The van der Waals surface area contributed by atoms with E-state index >= 15 is 0 Å². The van der Waals surface area contributed by atoms with Gasteiger partial charge in [-0.3, -0.25) is 4.79 Å². The van der Waals surface area contributed by atoms with Gasteiger partial charge in [0.1, 0.15) is 0 Å². The zero-order valence-electron chi connectivity index (χ0n) is 9.68. The van der Waals surface area contributed by atoms with Crippen molar-refractivity contribution < 1.29 is 9.53 Å². The Hall–Kier alpha value is -0.870. The highest BCUT2D eigenvalue weighted by molar-refractivity contribution is 7.17. The lowest BCUT2D eigenvalue weighted by atomic mass is 9.96. The smallest absolute Gasteiger partial charge is 0.160 e. The summed E-state index contributed by atoms with van der Waals surface area (Å²) in [7, 11) is 1.77. The van der Waals surface area contributed by atoms with Gasteiger partial charge in [0.25, 0.3) is 0 Å². The monoisotopic (exact) mass is 239 g/mol. The molecule has 0 bridgehead atoms. The highest BCUT2D eigenvalue weighted by Crippen LogP contribution is 2.29. The molecule has 88 valence electrons. The standard InChI is InChI=1S/C12H17NO2S/c1-9-5-6-13(7-11(9)15-2)12-4-3-10(8-14)16-12/h3-4,8-9,11H,5-7H2,1-2H3. The van der Waals surface area contributed by atoms with Crippen molar-refractivity contribution in [3.63, 3.8) is 0 Å². The van der Waals surface area contributed by atoms with Crippen molar-refractivity contribution in [2.45, 2.75) is 19.4 Å². The van der Waals surface area contributed by atoms with Gasteiger partial charge in [0, 0.05) is 20.2 Å². The lowest BCUT2D eigenvalue weighted by molar-refractivity contribution is 0.0500. The second kappa shape index (κ2) is 4.97. The average Bonchev–Trinajstić information content (AvgIpc) is 2.78. The molecule has 1 aromatic rings. The van der Waals surface area contributed by atoms with Gasteiger partial charge in [-0.05, 0) is 24.5 Å². The highest BCUT2D eigenvalue weighted by Gasteiger charge is 2.26. The Morgan fingerprint density at radius 2 is 2.38 bits per heavy atom. The van der Waals surface area contributed by atoms with Crippen molar-refractivity contribution in [2.24, 2.45) is 5.92 Å². The van der Waals surface area contributed by atoms with E-state index in [4.69, 9.17) is 4.74 Å². The van der Waals surface area contributed by atoms with Crippen LogP contribution in [0.5, 0.6) is 0 Å². The number of carbonyl (C=O) groups excluding carboxylic acids is 1. The molecular weight excluding hydrogens is 222 g/mol. The van der Waals surface area contributed by atoms with Gasteiger partial charge in [-0.1, -0.05) is 6.92 Å². The lowest BCUT2D eigenvalue weighted by Crippen LogP contribution is -2.43. The van der Waals surface area contributed by atoms with Crippen LogP contribution >= 0.6 is 11.3 Å². The van der Waals surface area contributed by atoms with Crippen molar-refractivity contribution in [3.05, 3.63) is 17.0 Å². The molecule has 1 aliphatic rings. The number of piperidine rings is 1. The fraction of sp³-hybridized carbons (Fsp3) is 0.583. The first-order chi connectivity index (χ1) is 7.74. The van der Waals surface area contributed by atoms with E-state index in [1.807, 2.05) is 12.1 Å². The van der Waals surface area contributed by atoms with E-state index in [9.17, 15) is 4.79 Å². The number of hydrogen-bond donors (Lipinski definition) is 0. The molecule has 2 rings (SSSR count). The van der Waals surface area contributed by atoms with Crippen LogP contribution in [0, 0.1) is 5.92 Å². The SMILES string of the molecule is COC1CN(c2ccc(C=O)s2)CCC1C. The number of carbonyl (C=O) groups is 1. The van der Waals surface area contributed by atoms with E-state index in [1.165, 1.54) is 5.00 Å². The molecule has 0 radical (unpaired) electrons. The number of anilines is 1. The Kier molecular flexibility index (Phi) is 3.61. The second-order valence-electron chi connectivity index (χ2n) is 4.28. The van der Waals surface area contributed by atoms with Crippen LogP contribution in [0.15, 0.2) is 12.1 Å². The van der Waals surface area contributed by atoms with E-state index in [0.29, 0.717) is 12.0 Å². The van der Waals surface area contributed by atoms with Crippen LogP contribution in [0.1, 0.15) is 23.0 Å². The predicted octanol–water partition coefficient (Wildman–Crippen LogP) is 2.42. The Balaban J connectivity index is 2.07. The van der Waals surface area contributed by atoms with E-state index in [1.54, 1.807) is 18.4 Å². The van der Waals surface area contributed by atoms with E-state index in [0.717, 1.165) is 30.7 Å². The summed E-state index contributed by atoms with van der Waals surface area (Å²) in [4.78, 5) is 13.7. The molecule has 1 fully saturated rings. The number of methoxy groups -OCH3 is 1. The summed E-state index contributed by atoms with van der Waals surface area (Å²) in [5.41, 5.74) is 0. The quantitative estimate of drug-likeness (QED) is 0.759. The maximum absolute atomic E-state index is 10.6. The predicted molar refractivity (Wildman–Crippen MR) is 66.5 cm³/mol. The largest absolute Gasteiger partial charge is 0.379 e. The first-order valence-electron chi connectivity index (χ1n) is 5.57. The third-order valence-corrected chi connectivity index (χ3v) is 4.30. The average molecular weight is 239 g/mol. The molecule has 3 nitrogen and oxygen atoms in total. The maximum atomic E-state index is 10.6. The van der Waals surface area contributed by atoms with Crippen LogP contribution < -0.4 is 4.90 Å². The normalized spacial score (nSPS) is 25.8. The number of hydrogen-bond acceptors (Lipinski definition) is 4. The molecule has 0 aliphatic carbocycles. The summed E-state index contributed by atoms with van der Waals surface area (Å²) in [6.45, 7) is 4.22. The first-order valence-corrected chi connectivity index (χ1v) is 6.39. The van der Waals surface area contributed by atoms with Crippen LogP contribution in [0.2, 0.25) is 0 Å². The van der Waals surface area contributed by atoms with Crippen LogP contribution in [0.3, 0.4) is 0 Å². The van der Waals surface area contributed by atoms with Gasteiger partial charge in [0.05, 0.1) is 16.0 Å². The molecule has 2 atom stereocenters. The molecule has 2 unspecified atom stereocenters. The van der Waals surface area contributed by atoms with Crippen LogP contribution in [-0.4, -0.2) is 32.6 Å². The van der Waals surface area contributed by atoms with Gasteiger partial charge >= 0.3 is 0 Å². The van der Waals surface area contributed by atoms with Gasteiger partial charge in [-0.2, -0.15) is 0 Å². The van der Waals surface area contributed by atoms with Crippen LogP contribution in [0.25, 0.3) is 0 Å². The highest BCUT2D eigenvalue weighted by atomic mass is 32.1. The molecule has 2 heterocycles. The van der Waals surface area contributed by atoms with E-state index < -0.39 is 0 Å². The second-order valence-corrected chi connectivity index (χ2v) is 5.37. The van der Waals surface area contributed by atoms with Crippen molar-refractivity contribution in [1.82, 2.24) is 0 Å². The van der Waals surface area contributed by atoms with Crippen molar-refractivity contribution in [2.75, 3.05) is 25.1 Å². The summed E-state index contributed by atoms with van der Waals surface area (Å²) in [6, 6.07) is 3.91. The summed E-state index contributed by atoms with van der Waals surface area (Å²) < 4.78 is 5.48. The lowest BCUT2D eigenvalue weighted by Gasteiger charge is -2.36. The summed E-state index contributed by atoms with van der Waals surface area (Å²) in [5.74, 6) is 0.617. The zero-order valence-corrected chi connectivity index (χ0v) is 10.5. The number of nitrogens with zero attached hydrogens (tertiary/aromatic N) is 1. The molecule has 4 heteroatoms. The zero-order chi connectivity index (χ0) is 11.5. The molecule has 1 saturated heterocycles. The van der Waals surface area contributed by atoms with Gasteiger partial charge < -0.3 is 9.64 Å². The number of ether oxygens (including phenoxy) is 1. The first kappa shape index (κ1) is 11.6. The van der Waals surface area contributed by atoms with Crippen molar-refractivity contribution in [1.29, 1.82) is 0 Å². The molecule has 1 aromatic heterocycles. The number of rotatable bonds is 3. The Bertz CT molecular complexity index is 364. The molecule has 16 heavy (non-hydrogen) atoms. The summed E-state index contributed by atoms with van der Waals surface area (Å²) in [6.07, 6.45) is 2.36. The third kappa shape index (κ3) is 2.28. The van der Waals surface area contributed by atoms with Gasteiger partial charge in [-0.15, -0.1) is 11.3 Å². The van der Waals surface area contributed by atoms with Crippen LogP contribution in [-0.2, 0) is 4.74 Å². The Morgan fingerprint density at radius 3 is 3.00 bits per heavy atom. The van der Waals surface area contributed by atoms with E-state index in [2.05, 4.69) is 11.8 Å². The van der Waals surface area contributed by atoms with Crippen LogP contribution in [0.4, 0.5) is 5.00 Å². The molecule has 0 spiro atoms. The van der Waals surface area contributed by atoms with Gasteiger partial charge in [0.2, 0.25) is 0 Å². The Morgan fingerprint density at radius 1 is 1.56 bits per heavy atom. The Labute approximate surface area is 100 Å². The maximum Gasteiger partial charge on any atom is 0.160 e. The van der Waals surface area contributed by atoms with Gasteiger partial charge in [0.15, 0.2) is 6.29 Å². The molecule has 1 aliphatic heterocycles. The third-order valence-electron chi connectivity index (χ3n) is 3.23. The van der Waals surface area contributed by atoms with Gasteiger partial charge in [-0.25, -0.2) is 0 Å². The molecule has 0 aromatic carbocycles. The molecule has 0 N–H and O–H groups in total. The minimum absolute atomic E-state index is 0.301. The summed E-state index contributed by atoms with van der Waals surface area (Å²) in [5, 5.41) is 1.18. The number of thiophene rings is 1. The van der Waals surface area contributed by atoms with Crippen molar-refractivity contribution in [3.8, 4) is 0 Å². The minimum atomic E-state index is 0.301. The molecule has 0 amide bonds. The minimum Gasteiger partial charge on any atom is -0.379 e. The topological polar surface area (TPSA) is 29.5 Å². The van der Waals surface area contributed by atoms with E-state index in [-0.39, 0.29) is 0 Å². The summed E-state index contributed by atoms with van der Waals surface area (Å²) >= 11 is 1.56. The fourth-order valence-corrected chi connectivity index (χ4v) is 2.97. The van der Waals surface area contributed by atoms with Crippen molar-refractivity contribution >= 4 is 22.6 Å².